The van der Waals surface area contributed by atoms with Gasteiger partial charge in [0.25, 0.3) is 0 Å². The molecule has 2 aromatic rings. The minimum absolute atomic E-state index is 0.135. The fourth-order valence-electron chi connectivity index (χ4n) is 3.92. The molecule has 4 heterocycles. The summed E-state index contributed by atoms with van der Waals surface area (Å²) in [6, 6.07) is 1.77. The van der Waals surface area contributed by atoms with Crippen LogP contribution in [0.1, 0.15) is 29.6 Å². The number of nitrogens with zero attached hydrogens (tertiary/aromatic N) is 5. The number of fused-ring (bicyclic) bond motifs is 2. The Morgan fingerprint density at radius 2 is 2.04 bits per heavy atom. The van der Waals surface area contributed by atoms with Crippen molar-refractivity contribution in [3.8, 4) is 0 Å². The third-order valence-corrected chi connectivity index (χ3v) is 5.02. The average molecular weight is 373 g/mol. The average Bonchev–Trinajstić information content (AvgIpc) is 3.30. The number of carbonyl (C=O) groups is 1. The van der Waals surface area contributed by atoms with E-state index >= 15 is 8.63 Å². The Balaban J connectivity index is 1.88. The summed E-state index contributed by atoms with van der Waals surface area (Å²) in [5.74, 6) is -0.495. The van der Waals surface area contributed by atoms with E-state index in [9.17, 15) is 4.79 Å². The second-order valence-electron chi connectivity index (χ2n) is 6.75. The maximum absolute atomic E-state index is 15.5. The second-order valence-corrected chi connectivity index (χ2v) is 6.75. The predicted octanol–water partition coefficient (Wildman–Crippen LogP) is 1.91. The maximum atomic E-state index is 15.5. The summed E-state index contributed by atoms with van der Waals surface area (Å²) in [4.78, 5) is 11.4. The summed E-state index contributed by atoms with van der Waals surface area (Å²) in [5.41, 5.74) is 3.64. The number of aryl methyl sites for hydroxylation is 2. The van der Waals surface area contributed by atoms with Gasteiger partial charge in [-0.15, -0.1) is 5.10 Å². The van der Waals surface area contributed by atoms with Crippen molar-refractivity contribution in [2.45, 2.75) is 27.3 Å². The monoisotopic (exact) mass is 373 g/mol. The number of halogens is 2. The van der Waals surface area contributed by atoms with Crippen molar-refractivity contribution in [1.29, 1.82) is 0 Å². The first-order valence-corrected chi connectivity index (χ1v) is 8.49. The highest BCUT2D eigenvalue weighted by Gasteiger charge is 2.54. The summed E-state index contributed by atoms with van der Waals surface area (Å²) in [6.07, 6.45) is 4.74. The third-order valence-electron chi connectivity index (χ3n) is 5.02. The SMILES string of the molecule is COC(=O)Cn1cc(C2=[N+]3C(=C(C)c4c(C)cc(C)n4[B-]3(F)F)C=C2)nn1. The van der Waals surface area contributed by atoms with Crippen molar-refractivity contribution in [3.05, 3.63) is 52.8 Å². The molecule has 0 saturated carbocycles. The molecule has 0 aliphatic carbocycles. The molecule has 0 spiro atoms. The molecule has 0 bridgehead atoms. The van der Waals surface area contributed by atoms with Gasteiger partial charge in [-0.1, -0.05) is 5.21 Å². The number of ether oxygens (including phenoxy) is 1. The van der Waals surface area contributed by atoms with Crippen LogP contribution in [0.4, 0.5) is 8.63 Å². The van der Waals surface area contributed by atoms with Gasteiger partial charge in [-0.3, -0.25) is 4.79 Å². The minimum Gasteiger partial charge on any atom is -0.468 e. The van der Waals surface area contributed by atoms with Gasteiger partial charge in [0.05, 0.1) is 13.3 Å². The molecule has 0 atom stereocenters. The van der Waals surface area contributed by atoms with Gasteiger partial charge < -0.3 is 22.3 Å². The molecule has 0 aromatic carbocycles. The lowest BCUT2D eigenvalue weighted by Gasteiger charge is -2.32. The van der Waals surface area contributed by atoms with Crippen LogP contribution in [-0.2, 0) is 16.1 Å². The van der Waals surface area contributed by atoms with Gasteiger partial charge in [0.1, 0.15) is 6.54 Å². The van der Waals surface area contributed by atoms with Gasteiger partial charge in [-0.25, -0.2) is 4.68 Å². The number of rotatable bonds is 3. The van der Waals surface area contributed by atoms with Crippen LogP contribution in [0.5, 0.6) is 0 Å². The normalized spacial score (nSPS) is 17.4. The number of carbonyl (C=O) groups excluding carboxylic acids is 1. The molecule has 2 aromatic heterocycles. The van der Waals surface area contributed by atoms with Crippen LogP contribution in [-0.4, -0.2) is 49.7 Å². The molecule has 27 heavy (non-hydrogen) atoms. The van der Waals surface area contributed by atoms with Crippen molar-refractivity contribution in [1.82, 2.24) is 19.5 Å². The molecule has 2 aliphatic heterocycles. The van der Waals surface area contributed by atoms with Gasteiger partial charge in [-0.2, -0.15) is 0 Å². The van der Waals surface area contributed by atoms with Crippen LogP contribution >= 0.6 is 0 Å². The Kier molecular flexibility index (Phi) is 3.69. The summed E-state index contributed by atoms with van der Waals surface area (Å²) >= 11 is 0. The molecule has 0 saturated heterocycles. The zero-order valence-electron chi connectivity index (χ0n) is 15.4. The van der Waals surface area contributed by atoms with E-state index in [2.05, 4.69) is 15.0 Å². The highest BCUT2D eigenvalue weighted by molar-refractivity contribution is 6.58. The van der Waals surface area contributed by atoms with E-state index in [0.29, 0.717) is 17.1 Å². The molecule has 0 fully saturated rings. The Hall–Kier alpha value is -3.04. The van der Waals surface area contributed by atoms with E-state index in [4.69, 9.17) is 0 Å². The molecule has 2 aliphatic rings. The summed E-state index contributed by atoms with van der Waals surface area (Å²) in [7, 11) is 1.27. The van der Waals surface area contributed by atoms with Crippen LogP contribution in [0.15, 0.2) is 30.1 Å². The Bertz CT molecular complexity index is 1080. The third kappa shape index (κ3) is 2.39. The van der Waals surface area contributed by atoms with Crippen molar-refractivity contribution in [2.75, 3.05) is 7.11 Å². The van der Waals surface area contributed by atoms with Gasteiger partial charge in [0, 0.05) is 23.4 Å². The standard InChI is InChI=1S/C17H18BF2N5O2/c1-10-7-11(2)24-17(10)12(3)14-5-6-15(25(14)18(24,19)20)13-8-23(22-21-13)9-16(26)27-4/h5-8H,9H2,1-4H3. The van der Waals surface area contributed by atoms with Crippen LogP contribution in [0.3, 0.4) is 0 Å². The number of hydrogen-bond donors (Lipinski definition) is 0. The van der Waals surface area contributed by atoms with Gasteiger partial charge in [0.2, 0.25) is 0 Å². The van der Waals surface area contributed by atoms with Crippen molar-refractivity contribution in [3.63, 3.8) is 0 Å². The Labute approximate surface area is 154 Å². The number of aromatic nitrogens is 4. The second kappa shape index (κ2) is 5.73. The molecule has 140 valence electrons. The topological polar surface area (TPSA) is 65.0 Å². The molecular formula is C17H18BF2N5O2. The van der Waals surface area contributed by atoms with Crippen LogP contribution in [0.25, 0.3) is 5.57 Å². The molecule has 0 unspecified atom stereocenters. The lowest BCUT2D eigenvalue weighted by Crippen LogP contribution is -2.51. The van der Waals surface area contributed by atoms with Crippen molar-refractivity contribution >= 4 is 24.2 Å². The summed E-state index contributed by atoms with van der Waals surface area (Å²) in [6.45, 7) is 1.14. The molecule has 7 nitrogen and oxygen atoms in total. The number of allylic oxidation sites excluding steroid dienone is 3. The van der Waals surface area contributed by atoms with E-state index in [1.807, 2.05) is 13.8 Å². The fraction of sp³-hybridized carbons (Fsp3) is 0.294. The van der Waals surface area contributed by atoms with Gasteiger partial charge >= 0.3 is 12.9 Å². The highest BCUT2D eigenvalue weighted by Crippen LogP contribution is 2.39. The van der Waals surface area contributed by atoms with Crippen LogP contribution in [0, 0.1) is 13.8 Å². The zero-order valence-corrected chi connectivity index (χ0v) is 15.4. The molecule has 10 heteroatoms. The van der Waals surface area contributed by atoms with E-state index in [1.54, 1.807) is 25.1 Å². The van der Waals surface area contributed by atoms with E-state index in [1.165, 1.54) is 18.0 Å². The predicted molar refractivity (Wildman–Crippen MR) is 95.4 cm³/mol. The number of methoxy groups -OCH3 is 1. The smallest absolute Gasteiger partial charge is 0.468 e. The first-order valence-electron chi connectivity index (χ1n) is 8.49. The van der Waals surface area contributed by atoms with Crippen LogP contribution < -0.4 is 0 Å². The molecular weight excluding hydrogens is 355 g/mol. The first-order chi connectivity index (χ1) is 12.8. The van der Waals surface area contributed by atoms with Crippen molar-refractivity contribution < 1.29 is 22.6 Å². The minimum atomic E-state index is -4.09. The van der Waals surface area contributed by atoms with E-state index < -0.39 is 12.9 Å². The van der Waals surface area contributed by atoms with Gasteiger partial charge in [-0.05, 0) is 38.1 Å². The molecule has 0 amide bonds. The van der Waals surface area contributed by atoms with Crippen LogP contribution in [0.2, 0.25) is 0 Å². The van der Waals surface area contributed by atoms with Crippen molar-refractivity contribution in [2.24, 2.45) is 0 Å². The lowest BCUT2D eigenvalue weighted by atomic mass is 9.87. The Morgan fingerprint density at radius 1 is 1.30 bits per heavy atom. The summed E-state index contributed by atoms with van der Waals surface area (Å²) < 4.78 is 39.1. The number of hydrogen-bond acceptors (Lipinski definition) is 4. The first kappa shape index (κ1) is 17.4. The highest BCUT2D eigenvalue weighted by atomic mass is 19.2. The largest absolute Gasteiger partial charge is 0.737 e. The zero-order chi connectivity index (χ0) is 19.5. The number of esters is 1. The Morgan fingerprint density at radius 3 is 2.74 bits per heavy atom. The van der Waals surface area contributed by atoms with E-state index in [0.717, 1.165) is 20.1 Å². The maximum Gasteiger partial charge on any atom is 0.737 e. The molecule has 4 rings (SSSR count). The fourth-order valence-corrected chi connectivity index (χ4v) is 3.92. The molecule has 0 radical (unpaired) electrons. The molecule has 0 N–H and O–H groups in total. The lowest BCUT2D eigenvalue weighted by molar-refractivity contribution is -0.361. The van der Waals surface area contributed by atoms with Gasteiger partial charge in [0.15, 0.2) is 17.1 Å². The summed E-state index contributed by atoms with van der Waals surface area (Å²) in [5, 5.41) is 7.81. The van der Waals surface area contributed by atoms with E-state index in [-0.39, 0.29) is 18.0 Å². The quantitative estimate of drug-likeness (QED) is 0.609.